The van der Waals surface area contributed by atoms with Crippen molar-refractivity contribution in [3.8, 4) is 0 Å². The van der Waals surface area contributed by atoms with Gasteiger partial charge in [0.25, 0.3) is 0 Å². The minimum atomic E-state index is -0.641. The van der Waals surface area contributed by atoms with Crippen LogP contribution in [0.2, 0.25) is 0 Å². The van der Waals surface area contributed by atoms with E-state index < -0.39 is 5.60 Å². The molecule has 1 fully saturated rings. The van der Waals surface area contributed by atoms with Gasteiger partial charge in [0.15, 0.2) is 0 Å². The van der Waals surface area contributed by atoms with E-state index in [1.807, 2.05) is 6.92 Å². The van der Waals surface area contributed by atoms with Crippen molar-refractivity contribution in [2.45, 2.75) is 44.8 Å². The van der Waals surface area contributed by atoms with Gasteiger partial charge in [0.2, 0.25) is 0 Å². The summed E-state index contributed by atoms with van der Waals surface area (Å²) in [5, 5.41) is 10.1. The van der Waals surface area contributed by atoms with Crippen molar-refractivity contribution in [1.82, 2.24) is 9.80 Å². The molecule has 1 aliphatic heterocycles. The van der Waals surface area contributed by atoms with E-state index in [0.717, 1.165) is 45.4 Å². The van der Waals surface area contributed by atoms with Gasteiger partial charge in [-0.3, -0.25) is 0 Å². The molecule has 0 aliphatic carbocycles. The minimum Gasteiger partial charge on any atom is -0.389 e. The first-order valence-corrected chi connectivity index (χ1v) is 6.86. The van der Waals surface area contributed by atoms with Crippen LogP contribution in [0.5, 0.6) is 0 Å². The largest absolute Gasteiger partial charge is 0.389 e. The molecule has 4 nitrogen and oxygen atoms in total. The van der Waals surface area contributed by atoms with Gasteiger partial charge in [-0.1, -0.05) is 6.92 Å². The Hall–Kier alpha value is -0.160. The summed E-state index contributed by atoms with van der Waals surface area (Å²) in [5.41, 5.74) is 4.97. The lowest BCUT2D eigenvalue weighted by atomic mass is 9.94. The maximum atomic E-state index is 10.1. The maximum Gasteiger partial charge on any atom is 0.0767 e. The van der Waals surface area contributed by atoms with Crippen molar-refractivity contribution in [1.29, 1.82) is 0 Å². The highest BCUT2D eigenvalue weighted by Crippen LogP contribution is 2.16. The minimum absolute atomic E-state index is 0.378. The summed E-state index contributed by atoms with van der Waals surface area (Å²) in [6.07, 6.45) is 2.61. The molecule has 2 unspecified atom stereocenters. The van der Waals surface area contributed by atoms with E-state index in [0.29, 0.717) is 12.6 Å². The van der Waals surface area contributed by atoms with E-state index in [-0.39, 0.29) is 0 Å². The Kier molecular flexibility index (Phi) is 5.86. The van der Waals surface area contributed by atoms with Gasteiger partial charge in [-0.15, -0.1) is 0 Å². The third-order valence-electron chi connectivity index (χ3n) is 4.20. The van der Waals surface area contributed by atoms with E-state index in [2.05, 4.69) is 23.8 Å². The second-order valence-electron chi connectivity index (χ2n) is 5.52. The predicted octanol–water partition coefficient (Wildman–Crippen LogP) is 0.502. The summed E-state index contributed by atoms with van der Waals surface area (Å²) in [6, 6.07) is 0.642. The molecule has 1 rings (SSSR count). The zero-order valence-corrected chi connectivity index (χ0v) is 11.7. The lowest BCUT2D eigenvalue weighted by Gasteiger charge is -2.38. The molecule has 0 amide bonds. The van der Waals surface area contributed by atoms with Gasteiger partial charge >= 0.3 is 0 Å². The SMILES string of the molecule is CCC(O)(CN)CCCN1CCN(C)C(C)C1. The second kappa shape index (κ2) is 6.69. The number of rotatable bonds is 6. The van der Waals surface area contributed by atoms with Crippen LogP contribution in [0.25, 0.3) is 0 Å². The molecule has 17 heavy (non-hydrogen) atoms. The van der Waals surface area contributed by atoms with Crippen LogP contribution in [0.1, 0.15) is 33.1 Å². The van der Waals surface area contributed by atoms with Gasteiger partial charge in [-0.05, 0) is 39.8 Å². The molecule has 1 saturated heterocycles. The van der Waals surface area contributed by atoms with Crippen molar-refractivity contribution in [2.24, 2.45) is 5.73 Å². The van der Waals surface area contributed by atoms with Crippen LogP contribution in [0, 0.1) is 0 Å². The van der Waals surface area contributed by atoms with Gasteiger partial charge in [0.1, 0.15) is 0 Å². The highest BCUT2D eigenvalue weighted by molar-refractivity contribution is 4.80. The molecular weight excluding hydrogens is 214 g/mol. The van der Waals surface area contributed by atoms with E-state index in [1.54, 1.807) is 0 Å². The molecule has 1 heterocycles. The highest BCUT2D eigenvalue weighted by atomic mass is 16.3. The van der Waals surface area contributed by atoms with E-state index in [4.69, 9.17) is 5.73 Å². The van der Waals surface area contributed by atoms with Crippen LogP contribution in [-0.2, 0) is 0 Å². The quantitative estimate of drug-likeness (QED) is 0.713. The van der Waals surface area contributed by atoms with Crippen LogP contribution in [-0.4, -0.2) is 66.3 Å². The monoisotopic (exact) mass is 243 g/mol. The summed E-state index contributed by atoms with van der Waals surface area (Å²) in [5.74, 6) is 0. The summed E-state index contributed by atoms with van der Waals surface area (Å²) in [6.45, 7) is 9.18. The molecule has 102 valence electrons. The van der Waals surface area contributed by atoms with Gasteiger partial charge in [0, 0.05) is 32.2 Å². The molecule has 0 radical (unpaired) electrons. The smallest absolute Gasteiger partial charge is 0.0767 e. The van der Waals surface area contributed by atoms with Gasteiger partial charge in [-0.25, -0.2) is 0 Å². The van der Waals surface area contributed by atoms with Gasteiger partial charge in [-0.2, -0.15) is 0 Å². The first kappa shape index (κ1) is 14.9. The van der Waals surface area contributed by atoms with E-state index in [9.17, 15) is 5.11 Å². The molecule has 0 aromatic heterocycles. The van der Waals surface area contributed by atoms with Crippen molar-refractivity contribution < 1.29 is 5.11 Å². The van der Waals surface area contributed by atoms with E-state index in [1.165, 1.54) is 0 Å². The van der Waals surface area contributed by atoms with Crippen LogP contribution >= 0.6 is 0 Å². The van der Waals surface area contributed by atoms with Crippen LogP contribution in [0.4, 0.5) is 0 Å². The van der Waals surface area contributed by atoms with Crippen LogP contribution in [0.15, 0.2) is 0 Å². The Bertz CT molecular complexity index is 219. The normalized spacial score (nSPS) is 27.0. The number of piperazine rings is 1. The number of nitrogens with zero attached hydrogens (tertiary/aromatic N) is 2. The van der Waals surface area contributed by atoms with Crippen LogP contribution in [0.3, 0.4) is 0 Å². The predicted molar refractivity (Wildman–Crippen MR) is 72.1 cm³/mol. The maximum absolute atomic E-state index is 10.1. The summed E-state index contributed by atoms with van der Waals surface area (Å²) >= 11 is 0. The average Bonchev–Trinajstić information content (AvgIpc) is 2.33. The van der Waals surface area contributed by atoms with Crippen molar-refractivity contribution in [3.63, 3.8) is 0 Å². The fourth-order valence-corrected chi connectivity index (χ4v) is 2.38. The topological polar surface area (TPSA) is 52.7 Å². The van der Waals surface area contributed by atoms with Gasteiger partial charge in [0.05, 0.1) is 5.60 Å². The fraction of sp³-hybridized carbons (Fsp3) is 1.00. The lowest BCUT2D eigenvalue weighted by Crippen LogP contribution is -2.50. The molecular formula is C13H29N3O. The number of nitrogens with two attached hydrogens (primary N) is 1. The van der Waals surface area contributed by atoms with Crippen molar-refractivity contribution in [3.05, 3.63) is 0 Å². The number of hydrogen-bond acceptors (Lipinski definition) is 4. The second-order valence-corrected chi connectivity index (χ2v) is 5.52. The first-order valence-electron chi connectivity index (χ1n) is 6.86. The molecule has 0 aromatic rings. The highest BCUT2D eigenvalue weighted by Gasteiger charge is 2.24. The zero-order chi connectivity index (χ0) is 12.9. The summed E-state index contributed by atoms with van der Waals surface area (Å²) in [7, 11) is 2.19. The Morgan fingerprint density at radius 1 is 1.41 bits per heavy atom. The molecule has 0 spiro atoms. The molecule has 4 heteroatoms. The Morgan fingerprint density at radius 3 is 2.65 bits per heavy atom. The third-order valence-corrected chi connectivity index (χ3v) is 4.20. The van der Waals surface area contributed by atoms with Gasteiger partial charge < -0.3 is 20.6 Å². The summed E-state index contributed by atoms with van der Waals surface area (Å²) in [4.78, 5) is 4.90. The number of likely N-dealkylation sites (N-methyl/N-ethyl adjacent to an activating group) is 1. The number of aliphatic hydroxyl groups is 1. The molecule has 0 aromatic carbocycles. The fourth-order valence-electron chi connectivity index (χ4n) is 2.38. The van der Waals surface area contributed by atoms with Crippen LogP contribution < -0.4 is 5.73 Å². The lowest BCUT2D eigenvalue weighted by molar-refractivity contribution is 0.0282. The zero-order valence-electron chi connectivity index (χ0n) is 11.7. The molecule has 3 N–H and O–H groups in total. The molecule has 2 atom stereocenters. The summed E-state index contributed by atoms with van der Waals surface area (Å²) < 4.78 is 0. The number of hydrogen-bond donors (Lipinski definition) is 2. The molecule has 1 aliphatic rings. The molecule has 0 saturated carbocycles. The Labute approximate surface area is 106 Å². The Balaban J connectivity index is 2.23. The third kappa shape index (κ3) is 4.54. The van der Waals surface area contributed by atoms with Crippen molar-refractivity contribution in [2.75, 3.05) is 39.8 Å². The first-order chi connectivity index (χ1) is 8.00. The van der Waals surface area contributed by atoms with E-state index >= 15 is 0 Å². The standard InChI is InChI=1S/C13H29N3O/c1-4-13(17,11-14)6-5-7-16-9-8-15(3)12(2)10-16/h12,17H,4-11,14H2,1-3H3. The van der Waals surface area contributed by atoms with Crippen molar-refractivity contribution >= 4 is 0 Å². The average molecular weight is 243 g/mol. The Morgan fingerprint density at radius 2 is 2.12 bits per heavy atom. The molecule has 0 bridgehead atoms.